The molecule has 13 heteroatoms. The number of halogens is 8. The van der Waals surface area contributed by atoms with Crippen molar-refractivity contribution in [1.29, 1.82) is 0 Å². The average Bonchev–Trinajstić information content (AvgIpc) is 3.20. The molecule has 1 N–H and O–H groups in total. The number of fused-ring (bicyclic) bond motifs is 1. The molecule has 0 aliphatic heterocycles. The van der Waals surface area contributed by atoms with Gasteiger partial charge in [-0.1, -0.05) is 12.1 Å². The number of amides is 1. The average molecular weight is 502 g/mol. The molecule has 0 atom stereocenters. The Labute approximate surface area is 189 Å². The van der Waals surface area contributed by atoms with Crippen molar-refractivity contribution >= 4 is 22.7 Å². The van der Waals surface area contributed by atoms with Crippen LogP contribution in [-0.4, -0.2) is 17.5 Å². The number of benzene rings is 3. The van der Waals surface area contributed by atoms with Gasteiger partial charge in [0, 0.05) is 5.69 Å². The van der Waals surface area contributed by atoms with Gasteiger partial charge in [0.2, 0.25) is 17.5 Å². The molecule has 182 valence electrons. The number of alkyl halides is 3. The van der Waals surface area contributed by atoms with Gasteiger partial charge in [-0.2, -0.15) is 22.0 Å². The first-order valence-electron chi connectivity index (χ1n) is 9.48. The third kappa shape index (κ3) is 4.61. The van der Waals surface area contributed by atoms with Crippen molar-refractivity contribution < 1.29 is 49.1 Å². The Morgan fingerprint density at radius 2 is 1.60 bits per heavy atom. The predicted molar refractivity (Wildman–Crippen MR) is 105 cm³/mol. The number of oxazole rings is 1. The third-order valence-corrected chi connectivity index (χ3v) is 4.63. The maximum absolute atomic E-state index is 13.9. The van der Waals surface area contributed by atoms with Gasteiger partial charge in [0.25, 0.3) is 5.91 Å². The summed E-state index contributed by atoms with van der Waals surface area (Å²) in [5.74, 6) is -13.9. The third-order valence-electron chi connectivity index (χ3n) is 4.63. The van der Waals surface area contributed by atoms with Crippen LogP contribution >= 0.6 is 0 Å². The van der Waals surface area contributed by atoms with Crippen molar-refractivity contribution in [1.82, 2.24) is 4.98 Å². The molecule has 0 saturated heterocycles. The molecule has 0 unspecified atom stereocenters. The summed E-state index contributed by atoms with van der Waals surface area (Å²) < 4.78 is 117. The molecule has 0 spiro atoms. The van der Waals surface area contributed by atoms with Crippen LogP contribution in [0.3, 0.4) is 0 Å². The number of hydrogen-bond acceptors (Lipinski definition) is 4. The number of anilines is 1. The molecule has 0 radical (unpaired) electrons. The van der Waals surface area contributed by atoms with Gasteiger partial charge in [0.05, 0.1) is 5.56 Å². The molecule has 0 fully saturated rings. The number of nitrogens with zero attached hydrogens (tertiary/aromatic N) is 1. The number of hydrogen-bond donors (Lipinski definition) is 1. The van der Waals surface area contributed by atoms with Crippen molar-refractivity contribution in [2.24, 2.45) is 0 Å². The zero-order chi connectivity index (χ0) is 25.5. The van der Waals surface area contributed by atoms with E-state index in [0.717, 1.165) is 0 Å². The Morgan fingerprint density at radius 3 is 2.23 bits per heavy atom. The van der Waals surface area contributed by atoms with Crippen LogP contribution in [0.1, 0.15) is 5.56 Å². The van der Waals surface area contributed by atoms with Gasteiger partial charge in [0.15, 0.2) is 29.6 Å². The molecule has 1 heterocycles. The van der Waals surface area contributed by atoms with E-state index in [1.165, 1.54) is 36.4 Å². The topological polar surface area (TPSA) is 64.4 Å². The number of ether oxygens (including phenoxy) is 1. The smallest absolute Gasteiger partial charge is 0.422 e. The second-order valence-corrected chi connectivity index (χ2v) is 6.98. The van der Waals surface area contributed by atoms with Gasteiger partial charge in [0.1, 0.15) is 16.9 Å². The van der Waals surface area contributed by atoms with Crippen molar-refractivity contribution in [2.75, 3.05) is 11.9 Å². The van der Waals surface area contributed by atoms with Crippen LogP contribution in [0.5, 0.6) is 5.75 Å². The summed E-state index contributed by atoms with van der Waals surface area (Å²) in [4.78, 5) is 16.2. The lowest BCUT2D eigenvalue weighted by atomic mass is 10.1. The van der Waals surface area contributed by atoms with E-state index >= 15 is 0 Å². The first-order valence-corrected chi connectivity index (χ1v) is 9.48. The van der Waals surface area contributed by atoms with Crippen molar-refractivity contribution in [3.63, 3.8) is 0 Å². The monoisotopic (exact) mass is 502 g/mol. The fraction of sp³-hybridized carbons (Fsp3) is 0.0909. The lowest BCUT2D eigenvalue weighted by Gasteiger charge is -2.14. The number of nitrogens with one attached hydrogen (secondary N) is 1. The highest BCUT2D eigenvalue weighted by Gasteiger charge is 2.42. The normalized spacial score (nSPS) is 11.7. The summed E-state index contributed by atoms with van der Waals surface area (Å²) in [5, 5.41) is 2.24. The van der Waals surface area contributed by atoms with E-state index in [-0.39, 0.29) is 28.2 Å². The molecule has 0 aliphatic carbocycles. The molecular weight excluding hydrogens is 492 g/mol. The van der Waals surface area contributed by atoms with E-state index < -0.39 is 59.1 Å². The fourth-order valence-corrected chi connectivity index (χ4v) is 3.08. The second kappa shape index (κ2) is 8.89. The number of carbonyl (C=O) groups excluding carboxylic acids is 1. The molecule has 1 aromatic heterocycles. The summed E-state index contributed by atoms with van der Waals surface area (Å²) in [6.07, 6.45) is -5.71. The zero-order valence-corrected chi connectivity index (χ0v) is 16.9. The summed E-state index contributed by atoms with van der Waals surface area (Å²) in [5.41, 5.74) is -2.17. The second-order valence-electron chi connectivity index (χ2n) is 6.98. The number of carbonyl (C=O) groups is 1. The minimum Gasteiger partial charge on any atom is -0.477 e. The van der Waals surface area contributed by atoms with E-state index in [0.29, 0.717) is 0 Å². The quantitative estimate of drug-likeness (QED) is 0.260. The molecule has 3 aromatic carbocycles. The Bertz CT molecular complexity index is 1420. The largest absolute Gasteiger partial charge is 0.477 e. The molecular formula is C22H10F8N2O3. The van der Waals surface area contributed by atoms with Gasteiger partial charge in [-0.3, -0.25) is 4.79 Å². The van der Waals surface area contributed by atoms with Crippen LogP contribution < -0.4 is 10.1 Å². The SMILES string of the molecule is O=C(COc1c(F)c(F)c(C(F)(F)F)c(F)c1F)Nc1ccc2oc(-c3ccccc3F)nc2c1. The van der Waals surface area contributed by atoms with E-state index in [9.17, 15) is 39.9 Å². The standard InChI is InChI=1S/C22H10F8N2O3/c23-11-4-2-1-3-10(11)21-32-12-7-9(5-6-13(12)35-21)31-14(33)8-34-20-18(26)16(24)15(22(28,29)30)17(25)19(20)27/h1-7H,8H2,(H,31,33). The van der Waals surface area contributed by atoms with Gasteiger partial charge >= 0.3 is 6.18 Å². The van der Waals surface area contributed by atoms with Crippen LogP contribution in [0, 0.1) is 29.1 Å². The maximum atomic E-state index is 13.9. The summed E-state index contributed by atoms with van der Waals surface area (Å²) in [7, 11) is 0. The van der Waals surface area contributed by atoms with Crippen LogP contribution in [0.4, 0.5) is 40.8 Å². The molecule has 5 nitrogen and oxygen atoms in total. The van der Waals surface area contributed by atoms with E-state index in [1.807, 2.05) is 0 Å². The lowest BCUT2D eigenvalue weighted by molar-refractivity contribution is -0.143. The van der Waals surface area contributed by atoms with Gasteiger partial charge in [-0.25, -0.2) is 18.2 Å². The van der Waals surface area contributed by atoms with Crippen molar-refractivity contribution in [2.45, 2.75) is 6.18 Å². The van der Waals surface area contributed by atoms with E-state index in [4.69, 9.17) is 4.42 Å². The van der Waals surface area contributed by atoms with Crippen LogP contribution in [0.15, 0.2) is 46.9 Å². The van der Waals surface area contributed by atoms with Crippen LogP contribution in [0.2, 0.25) is 0 Å². The van der Waals surface area contributed by atoms with Crippen LogP contribution in [0.25, 0.3) is 22.6 Å². The molecule has 1 amide bonds. The Balaban J connectivity index is 1.50. The molecule has 35 heavy (non-hydrogen) atoms. The van der Waals surface area contributed by atoms with Crippen molar-refractivity contribution in [3.8, 4) is 17.2 Å². The number of aromatic nitrogens is 1. The highest BCUT2D eigenvalue weighted by Crippen LogP contribution is 2.39. The van der Waals surface area contributed by atoms with Gasteiger partial charge in [-0.15, -0.1) is 0 Å². The summed E-state index contributed by atoms with van der Waals surface area (Å²) in [6.45, 7) is -1.21. The Hall–Kier alpha value is -4.16. The van der Waals surface area contributed by atoms with Gasteiger partial charge in [-0.05, 0) is 30.3 Å². The Kier molecular flexibility index (Phi) is 6.09. The predicted octanol–water partition coefficient (Wildman–Crippen LogP) is 6.23. The highest BCUT2D eigenvalue weighted by atomic mass is 19.4. The molecule has 4 aromatic rings. The fourth-order valence-electron chi connectivity index (χ4n) is 3.08. The first kappa shape index (κ1) is 24.0. The first-order chi connectivity index (χ1) is 16.5. The highest BCUT2D eigenvalue weighted by molar-refractivity contribution is 5.94. The lowest BCUT2D eigenvalue weighted by Crippen LogP contribution is -2.22. The molecule has 0 bridgehead atoms. The zero-order valence-electron chi connectivity index (χ0n) is 16.9. The molecule has 0 aliphatic rings. The van der Waals surface area contributed by atoms with Crippen molar-refractivity contribution in [3.05, 3.63) is 77.1 Å². The van der Waals surface area contributed by atoms with E-state index in [2.05, 4.69) is 15.0 Å². The molecule has 4 rings (SSSR count). The van der Waals surface area contributed by atoms with Crippen LogP contribution in [-0.2, 0) is 11.0 Å². The summed E-state index contributed by atoms with van der Waals surface area (Å²) in [6, 6.07) is 9.69. The summed E-state index contributed by atoms with van der Waals surface area (Å²) >= 11 is 0. The Morgan fingerprint density at radius 1 is 0.943 bits per heavy atom. The molecule has 0 saturated carbocycles. The maximum Gasteiger partial charge on any atom is 0.422 e. The minimum absolute atomic E-state index is 0.0396. The number of rotatable bonds is 5. The minimum atomic E-state index is -5.71. The van der Waals surface area contributed by atoms with Gasteiger partial charge < -0.3 is 14.5 Å². The van der Waals surface area contributed by atoms with E-state index in [1.54, 1.807) is 6.07 Å².